The van der Waals surface area contributed by atoms with E-state index in [1.807, 2.05) is 12.1 Å². The van der Waals surface area contributed by atoms with E-state index < -0.39 is 0 Å². The van der Waals surface area contributed by atoms with Crippen molar-refractivity contribution in [1.82, 2.24) is 9.88 Å². The molecule has 14 heavy (non-hydrogen) atoms. The summed E-state index contributed by atoms with van der Waals surface area (Å²) in [5.41, 5.74) is 1.15. The van der Waals surface area contributed by atoms with Gasteiger partial charge >= 0.3 is 0 Å². The summed E-state index contributed by atoms with van der Waals surface area (Å²) in [6, 6.07) is 3.80. The molecule has 3 nitrogen and oxygen atoms in total. The second-order valence-electron chi connectivity index (χ2n) is 3.39. The molecule has 1 aliphatic heterocycles. The summed E-state index contributed by atoms with van der Waals surface area (Å²) in [4.78, 5) is 10.6. The molecule has 0 aliphatic carbocycles. The SMILES string of the molecule is CN1CCN=C1Cc1ccc(Cl)nc1. The minimum Gasteiger partial charge on any atom is -0.361 e. The highest BCUT2D eigenvalue weighted by Gasteiger charge is 2.12. The Balaban J connectivity index is 2.07. The largest absolute Gasteiger partial charge is 0.361 e. The second kappa shape index (κ2) is 3.96. The first-order valence-corrected chi connectivity index (χ1v) is 4.98. The van der Waals surface area contributed by atoms with Gasteiger partial charge in [0.15, 0.2) is 0 Å². The van der Waals surface area contributed by atoms with Crippen LogP contribution < -0.4 is 0 Å². The van der Waals surface area contributed by atoms with Crippen LogP contribution in [0.4, 0.5) is 0 Å². The molecule has 74 valence electrons. The van der Waals surface area contributed by atoms with Crippen molar-refractivity contribution in [2.75, 3.05) is 20.1 Å². The summed E-state index contributed by atoms with van der Waals surface area (Å²) in [5, 5.41) is 0.537. The van der Waals surface area contributed by atoms with Crippen LogP contribution in [0.1, 0.15) is 5.56 Å². The van der Waals surface area contributed by atoms with Gasteiger partial charge in [0.25, 0.3) is 0 Å². The van der Waals surface area contributed by atoms with Gasteiger partial charge in [0.2, 0.25) is 0 Å². The van der Waals surface area contributed by atoms with Crippen molar-refractivity contribution >= 4 is 17.4 Å². The summed E-state index contributed by atoms with van der Waals surface area (Å²) >= 11 is 5.71. The van der Waals surface area contributed by atoms with E-state index >= 15 is 0 Å². The lowest BCUT2D eigenvalue weighted by atomic mass is 10.2. The smallest absolute Gasteiger partial charge is 0.129 e. The first-order valence-electron chi connectivity index (χ1n) is 4.60. The van der Waals surface area contributed by atoms with Gasteiger partial charge in [-0.3, -0.25) is 4.99 Å². The van der Waals surface area contributed by atoms with E-state index in [9.17, 15) is 0 Å². The van der Waals surface area contributed by atoms with Gasteiger partial charge in [-0.15, -0.1) is 0 Å². The van der Waals surface area contributed by atoms with Crippen LogP contribution in [0.2, 0.25) is 5.15 Å². The topological polar surface area (TPSA) is 28.5 Å². The second-order valence-corrected chi connectivity index (χ2v) is 3.77. The molecule has 0 unspecified atom stereocenters. The Bertz CT molecular complexity index is 345. The van der Waals surface area contributed by atoms with Crippen molar-refractivity contribution in [2.24, 2.45) is 4.99 Å². The predicted molar refractivity (Wildman–Crippen MR) is 57.9 cm³/mol. The van der Waals surface area contributed by atoms with Crippen LogP contribution in [0.3, 0.4) is 0 Å². The fourth-order valence-corrected chi connectivity index (χ4v) is 1.58. The Labute approximate surface area is 88.4 Å². The minimum absolute atomic E-state index is 0.537. The lowest BCUT2D eigenvalue weighted by Gasteiger charge is -2.13. The summed E-state index contributed by atoms with van der Waals surface area (Å²) in [6.45, 7) is 1.93. The molecule has 1 aliphatic rings. The molecule has 0 amide bonds. The van der Waals surface area contributed by atoms with Gasteiger partial charge in [0, 0.05) is 26.2 Å². The van der Waals surface area contributed by atoms with Crippen molar-refractivity contribution in [1.29, 1.82) is 0 Å². The first-order chi connectivity index (χ1) is 6.75. The Kier molecular flexibility index (Phi) is 2.68. The summed E-state index contributed by atoms with van der Waals surface area (Å²) < 4.78 is 0. The molecule has 0 radical (unpaired) electrons. The number of hydrogen-bond donors (Lipinski definition) is 0. The lowest BCUT2D eigenvalue weighted by Crippen LogP contribution is -2.24. The molecule has 0 saturated carbocycles. The molecule has 4 heteroatoms. The first kappa shape index (κ1) is 9.46. The van der Waals surface area contributed by atoms with Gasteiger partial charge in [-0.2, -0.15) is 0 Å². The van der Waals surface area contributed by atoms with Crippen LogP contribution in [0, 0.1) is 0 Å². The van der Waals surface area contributed by atoms with Crippen molar-refractivity contribution < 1.29 is 0 Å². The van der Waals surface area contributed by atoms with Gasteiger partial charge in [-0.25, -0.2) is 4.98 Å². The molecule has 0 fully saturated rings. The number of likely N-dealkylation sites (N-methyl/N-ethyl adjacent to an activating group) is 1. The number of nitrogens with zero attached hydrogens (tertiary/aromatic N) is 3. The predicted octanol–water partition coefficient (Wildman–Crippen LogP) is 1.62. The summed E-state index contributed by atoms with van der Waals surface area (Å²) in [5.74, 6) is 1.13. The molecule has 0 atom stereocenters. The number of aromatic nitrogens is 1. The molecular formula is C10H12ClN3. The highest BCUT2D eigenvalue weighted by Crippen LogP contribution is 2.09. The van der Waals surface area contributed by atoms with Crippen LogP contribution in [-0.2, 0) is 6.42 Å². The Morgan fingerprint density at radius 1 is 1.50 bits per heavy atom. The molecule has 1 aromatic rings. The zero-order valence-corrected chi connectivity index (χ0v) is 8.83. The van der Waals surface area contributed by atoms with E-state index in [0.29, 0.717) is 5.15 Å². The maximum absolute atomic E-state index is 5.71. The number of rotatable bonds is 2. The number of aliphatic imine (C=N–C) groups is 1. The van der Waals surface area contributed by atoms with Crippen molar-refractivity contribution in [3.63, 3.8) is 0 Å². The summed E-state index contributed by atoms with van der Waals surface area (Å²) in [6.07, 6.45) is 2.65. The van der Waals surface area contributed by atoms with Gasteiger partial charge in [0.1, 0.15) is 11.0 Å². The quantitative estimate of drug-likeness (QED) is 0.693. The normalized spacial score (nSPS) is 15.9. The molecule has 0 bridgehead atoms. The third-order valence-corrected chi connectivity index (χ3v) is 2.54. The van der Waals surface area contributed by atoms with Crippen LogP contribution in [0.5, 0.6) is 0 Å². The maximum Gasteiger partial charge on any atom is 0.129 e. The molecule has 1 aromatic heterocycles. The van der Waals surface area contributed by atoms with Gasteiger partial charge < -0.3 is 4.90 Å². The molecular weight excluding hydrogens is 198 g/mol. The standard InChI is InChI=1S/C10H12ClN3/c1-14-5-4-12-10(14)6-8-2-3-9(11)13-7-8/h2-3,7H,4-6H2,1H3. The monoisotopic (exact) mass is 209 g/mol. The van der Waals surface area contributed by atoms with E-state index in [-0.39, 0.29) is 0 Å². The third-order valence-electron chi connectivity index (χ3n) is 2.32. The third kappa shape index (κ3) is 2.04. The highest BCUT2D eigenvalue weighted by molar-refractivity contribution is 6.29. The Morgan fingerprint density at radius 3 is 2.93 bits per heavy atom. The average Bonchev–Trinajstić information content (AvgIpc) is 2.56. The van der Waals surface area contributed by atoms with E-state index in [1.54, 1.807) is 6.20 Å². The molecule has 2 heterocycles. The number of amidine groups is 1. The maximum atomic E-state index is 5.71. The van der Waals surface area contributed by atoms with Crippen molar-refractivity contribution in [3.05, 3.63) is 29.0 Å². The van der Waals surface area contributed by atoms with Crippen LogP contribution >= 0.6 is 11.6 Å². The van der Waals surface area contributed by atoms with Crippen LogP contribution in [0.15, 0.2) is 23.3 Å². The average molecular weight is 210 g/mol. The van der Waals surface area contributed by atoms with E-state index in [4.69, 9.17) is 11.6 Å². The molecule has 0 N–H and O–H groups in total. The van der Waals surface area contributed by atoms with Crippen LogP contribution in [0.25, 0.3) is 0 Å². The Morgan fingerprint density at radius 2 is 2.36 bits per heavy atom. The number of halogens is 1. The van der Waals surface area contributed by atoms with Crippen molar-refractivity contribution in [2.45, 2.75) is 6.42 Å². The molecule has 0 saturated heterocycles. The lowest BCUT2D eigenvalue weighted by molar-refractivity contribution is 0.548. The molecule has 0 spiro atoms. The molecule has 2 rings (SSSR count). The van der Waals surface area contributed by atoms with Gasteiger partial charge in [0.05, 0.1) is 6.54 Å². The highest BCUT2D eigenvalue weighted by atomic mass is 35.5. The Hall–Kier alpha value is -1.09. The van der Waals surface area contributed by atoms with Crippen molar-refractivity contribution in [3.8, 4) is 0 Å². The zero-order valence-electron chi connectivity index (χ0n) is 8.07. The minimum atomic E-state index is 0.537. The van der Waals surface area contributed by atoms with E-state index in [2.05, 4.69) is 21.9 Å². The van der Waals surface area contributed by atoms with E-state index in [0.717, 1.165) is 30.9 Å². The molecule has 0 aromatic carbocycles. The van der Waals surface area contributed by atoms with Gasteiger partial charge in [-0.1, -0.05) is 17.7 Å². The van der Waals surface area contributed by atoms with Crippen LogP contribution in [-0.4, -0.2) is 35.9 Å². The fraction of sp³-hybridized carbons (Fsp3) is 0.400. The van der Waals surface area contributed by atoms with Gasteiger partial charge in [-0.05, 0) is 11.6 Å². The number of pyridine rings is 1. The zero-order chi connectivity index (χ0) is 9.97. The number of hydrogen-bond acceptors (Lipinski definition) is 3. The fourth-order valence-electron chi connectivity index (χ4n) is 1.46. The van der Waals surface area contributed by atoms with E-state index in [1.165, 1.54) is 0 Å². The summed E-state index contributed by atoms with van der Waals surface area (Å²) in [7, 11) is 2.06.